The van der Waals surface area contributed by atoms with Gasteiger partial charge in [0.05, 0.1) is 32.1 Å². The molecule has 0 amide bonds. The predicted octanol–water partition coefficient (Wildman–Crippen LogP) is 8.03. The highest BCUT2D eigenvalue weighted by atomic mass is 19.4. The minimum Gasteiger partial charge on any atom is -0.497 e. The van der Waals surface area contributed by atoms with Crippen LogP contribution < -0.4 is 14.4 Å². The highest BCUT2D eigenvalue weighted by molar-refractivity contribution is 6.00. The molecule has 3 atom stereocenters. The van der Waals surface area contributed by atoms with Crippen molar-refractivity contribution in [3.05, 3.63) is 88.2 Å². The smallest absolute Gasteiger partial charge is 0.417 e. The van der Waals surface area contributed by atoms with Gasteiger partial charge in [-0.25, -0.2) is 4.39 Å². The predicted molar refractivity (Wildman–Crippen MR) is 163 cm³/mol. The molecular weight excluding hydrogens is 590 g/mol. The van der Waals surface area contributed by atoms with Crippen molar-refractivity contribution in [2.45, 2.75) is 65.2 Å². The van der Waals surface area contributed by atoms with Gasteiger partial charge in [-0.15, -0.1) is 0 Å². The SMILES string of the molecule is CCOC(=O)C1CC(CC)C(c2c(F)c(N(Cc3ccc(OC)cc3)Cc3ccc(OC)cc3)cc(C)c2C(F)(F)F)CC1=O. The molecule has 3 unspecified atom stereocenters. The molecule has 1 fully saturated rings. The summed E-state index contributed by atoms with van der Waals surface area (Å²) < 4.78 is 76.6. The van der Waals surface area contributed by atoms with Crippen LogP contribution in [0, 0.1) is 24.6 Å². The van der Waals surface area contributed by atoms with Gasteiger partial charge in [0.25, 0.3) is 0 Å². The van der Waals surface area contributed by atoms with Crippen molar-refractivity contribution >= 4 is 17.4 Å². The largest absolute Gasteiger partial charge is 0.497 e. The van der Waals surface area contributed by atoms with Crippen LogP contribution in [-0.4, -0.2) is 32.6 Å². The van der Waals surface area contributed by atoms with Crippen molar-refractivity contribution in [2.75, 3.05) is 25.7 Å². The molecule has 3 aromatic carbocycles. The maximum Gasteiger partial charge on any atom is 0.417 e. The van der Waals surface area contributed by atoms with Crippen LogP contribution in [0.4, 0.5) is 23.2 Å². The van der Waals surface area contributed by atoms with Gasteiger partial charge in [-0.05, 0) is 79.1 Å². The molecule has 1 saturated carbocycles. The zero-order valence-electron chi connectivity index (χ0n) is 26.2. The second-order valence-electron chi connectivity index (χ2n) is 11.4. The number of hydrogen-bond donors (Lipinski definition) is 0. The van der Waals surface area contributed by atoms with Gasteiger partial charge in [0.2, 0.25) is 0 Å². The van der Waals surface area contributed by atoms with E-state index in [9.17, 15) is 22.8 Å². The lowest BCUT2D eigenvalue weighted by Gasteiger charge is -2.37. The molecule has 242 valence electrons. The Morgan fingerprint density at radius 1 is 0.933 bits per heavy atom. The summed E-state index contributed by atoms with van der Waals surface area (Å²) in [5, 5.41) is 0. The lowest BCUT2D eigenvalue weighted by atomic mass is 9.68. The zero-order valence-corrected chi connectivity index (χ0v) is 26.2. The lowest BCUT2D eigenvalue weighted by Crippen LogP contribution is -2.37. The summed E-state index contributed by atoms with van der Waals surface area (Å²) >= 11 is 0. The van der Waals surface area contributed by atoms with Crippen LogP contribution in [-0.2, 0) is 33.6 Å². The molecule has 10 heteroatoms. The molecule has 1 aliphatic carbocycles. The minimum atomic E-state index is -4.87. The van der Waals surface area contributed by atoms with Gasteiger partial charge < -0.3 is 19.1 Å². The number of rotatable bonds is 11. The third kappa shape index (κ3) is 7.60. The van der Waals surface area contributed by atoms with Crippen LogP contribution >= 0.6 is 0 Å². The Kier molecular flexibility index (Phi) is 10.8. The summed E-state index contributed by atoms with van der Waals surface area (Å²) in [5.41, 5.74) is -0.147. The van der Waals surface area contributed by atoms with Gasteiger partial charge in [-0.3, -0.25) is 9.59 Å². The molecule has 6 nitrogen and oxygen atoms in total. The number of methoxy groups -OCH3 is 2. The third-order valence-electron chi connectivity index (χ3n) is 8.55. The number of Topliss-reactive ketones (excluding diaryl/α,β-unsaturated/α-hetero) is 1. The van der Waals surface area contributed by atoms with E-state index in [1.807, 2.05) is 24.3 Å². The molecule has 45 heavy (non-hydrogen) atoms. The van der Waals surface area contributed by atoms with E-state index >= 15 is 4.39 Å². The van der Waals surface area contributed by atoms with Crippen LogP contribution in [0.2, 0.25) is 0 Å². The number of halogens is 4. The highest BCUT2D eigenvalue weighted by Crippen LogP contribution is 2.49. The molecule has 0 aliphatic heterocycles. The highest BCUT2D eigenvalue weighted by Gasteiger charge is 2.46. The van der Waals surface area contributed by atoms with Crippen molar-refractivity contribution in [1.29, 1.82) is 0 Å². The standard InChI is InChI=1S/C35H39F4NO5/c1-6-24-17-28(34(42)45-7-2)30(41)18-27(24)31-32(35(37,38)39)21(3)16-29(33(31)36)40(19-22-8-12-25(43-4)13-9-22)20-23-10-14-26(44-5)15-11-23/h8-16,24,27-28H,6-7,17-20H2,1-5H3. The monoisotopic (exact) mass is 629 g/mol. The molecule has 0 N–H and O–H groups in total. The van der Waals surface area contributed by atoms with Crippen molar-refractivity contribution in [3.8, 4) is 11.5 Å². The van der Waals surface area contributed by atoms with Gasteiger partial charge >= 0.3 is 12.1 Å². The van der Waals surface area contributed by atoms with Crippen molar-refractivity contribution < 1.29 is 41.4 Å². The van der Waals surface area contributed by atoms with E-state index in [1.54, 1.807) is 57.2 Å². The first-order valence-electron chi connectivity index (χ1n) is 15.0. The molecule has 0 heterocycles. The van der Waals surface area contributed by atoms with E-state index in [2.05, 4.69) is 0 Å². The average molecular weight is 630 g/mol. The fraction of sp³-hybridized carbons (Fsp3) is 0.429. The maximum atomic E-state index is 16.9. The zero-order chi connectivity index (χ0) is 32.9. The Labute approximate surface area is 261 Å². The molecule has 1 aliphatic rings. The third-order valence-corrected chi connectivity index (χ3v) is 8.55. The number of hydrogen-bond acceptors (Lipinski definition) is 6. The number of esters is 1. The van der Waals surface area contributed by atoms with Crippen LogP contribution in [0.15, 0.2) is 54.6 Å². The quantitative estimate of drug-likeness (QED) is 0.122. The Balaban J connectivity index is 1.86. The Morgan fingerprint density at radius 2 is 1.47 bits per heavy atom. The normalized spacial score (nSPS) is 18.4. The second-order valence-corrected chi connectivity index (χ2v) is 11.4. The van der Waals surface area contributed by atoms with Gasteiger partial charge in [0.15, 0.2) is 5.82 Å². The second kappa shape index (κ2) is 14.3. The maximum absolute atomic E-state index is 16.9. The van der Waals surface area contributed by atoms with E-state index in [-0.39, 0.29) is 43.8 Å². The van der Waals surface area contributed by atoms with E-state index in [0.717, 1.165) is 11.1 Å². The lowest BCUT2D eigenvalue weighted by molar-refractivity contribution is -0.154. The number of nitrogens with zero attached hydrogens (tertiary/aromatic N) is 1. The molecule has 0 aromatic heterocycles. The first-order valence-corrected chi connectivity index (χ1v) is 15.0. The van der Waals surface area contributed by atoms with Crippen LogP contribution in [0.25, 0.3) is 0 Å². The van der Waals surface area contributed by atoms with E-state index in [0.29, 0.717) is 17.9 Å². The number of carbonyl (C=O) groups excluding carboxylic acids is 2. The molecule has 0 spiro atoms. The average Bonchev–Trinajstić information content (AvgIpc) is 3.01. The van der Waals surface area contributed by atoms with Crippen LogP contribution in [0.5, 0.6) is 11.5 Å². The first-order chi connectivity index (χ1) is 21.4. The van der Waals surface area contributed by atoms with E-state index < -0.39 is 52.6 Å². The number of aryl methyl sites for hydroxylation is 1. The summed E-state index contributed by atoms with van der Waals surface area (Å²) in [7, 11) is 3.09. The Hall–Kier alpha value is -4.08. The first kappa shape index (κ1) is 33.8. The van der Waals surface area contributed by atoms with E-state index in [4.69, 9.17) is 14.2 Å². The van der Waals surface area contributed by atoms with Gasteiger partial charge in [-0.2, -0.15) is 13.2 Å². The summed E-state index contributed by atoms with van der Waals surface area (Å²) in [6.07, 6.45) is -4.90. The van der Waals surface area contributed by atoms with Crippen LogP contribution in [0.1, 0.15) is 66.8 Å². The number of anilines is 1. The fourth-order valence-corrected chi connectivity index (χ4v) is 6.27. The molecule has 3 aromatic rings. The minimum absolute atomic E-state index is 0.000254. The van der Waals surface area contributed by atoms with Crippen molar-refractivity contribution in [3.63, 3.8) is 0 Å². The van der Waals surface area contributed by atoms with Gasteiger partial charge in [-0.1, -0.05) is 37.6 Å². The fourth-order valence-electron chi connectivity index (χ4n) is 6.27. The summed E-state index contributed by atoms with van der Waals surface area (Å²) in [6.45, 7) is 5.16. The molecule has 4 rings (SSSR count). The number of ketones is 1. The summed E-state index contributed by atoms with van der Waals surface area (Å²) in [4.78, 5) is 27.4. The van der Waals surface area contributed by atoms with Gasteiger partial charge in [0.1, 0.15) is 23.2 Å². The topological polar surface area (TPSA) is 65.1 Å². The molecule has 0 saturated heterocycles. The van der Waals surface area contributed by atoms with Gasteiger partial charge in [0, 0.05) is 25.1 Å². The number of carbonyl (C=O) groups is 2. The summed E-state index contributed by atoms with van der Waals surface area (Å²) in [5.74, 6) is -3.65. The molecule has 0 bridgehead atoms. The van der Waals surface area contributed by atoms with Crippen LogP contribution in [0.3, 0.4) is 0 Å². The number of alkyl halides is 3. The number of ether oxygens (including phenoxy) is 3. The Morgan fingerprint density at radius 3 is 1.91 bits per heavy atom. The van der Waals surface area contributed by atoms with Crippen molar-refractivity contribution in [1.82, 2.24) is 0 Å². The Bertz CT molecular complexity index is 1440. The van der Waals surface area contributed by atoms with E-state index in [1.165, 1.54) is 13.0 Å². The number of benzene rings is 3. The van der Waals surface area contributed by atoms with Crippen molar-refractivity contribution in [2.24, 2.45) is 11.8 Å². The summed E-state index contributed by atoms with van der Waals surface area (Å²) in [6, 6.07) is 15.6. The molecule has 0 radical (unpaired) electrons. The molecular formula is C35H39F4NO5.